The smallest absolute Gasteiger partial charge is 0.410 e. The topological polar surface area (TPSA) is 72.0 Å². The van der Waals surface area contributed by atoms with E-state index in [2.05, 4.69) is 4.98 Å². The van der Waals surface area contributed by atoms with Gasteiger partial charge in [0.25, 0.3) is 5.91 Å². The minimum Gasteiger partial charge on any atom is -0.497 e. The molecule has 2 fully saturated rings. The van der Waals surface area contributed by atoms with Crippen LogP contribution in [0.25, 0.3) is 0 Å². The van der Waals surface area contributed by atoms with Crippen molar-refractivity contribution in [2.24, 2.45) is 0 Å². The Balaban J connectivity index is 1.60. The molecule has 2 aliphatic heterocycles. The molecule has 1 aromatic heterocycles. The number of hydrogen-bond acceptors (Lipinski definition) is 5. The quantitative estimate of drug-likeness (QED) is 0.826. The summed E-state index contributed by atoms with van der Waals surface area (Å²) >= 11 is 0. The van der Waals surface area contributed by atoms with Gasteiger partial charge in [-0.2, -0.15) is 0 Å². The molecular formula is C20H21N3O4. The van der Waals surface area contributed by atoms with Crippen LogP contribution in [-0.2, 0) is 11.2 Å². The van der Waals surface area contributed by atoms with Gasteiger partial charge in [0.15, 0.2) is 0 Å². The number of rotatable bonds is 4. The lowest BCUT2D eigenvalue weighted by atomic mass is 9.88. The number of amides is 2. The van der Waals surface area contributed by atoms with Crippen molar-refractivity contribution in [3.8, 4) is 5.75 Å². The first-order valence-corrected chi connectivity index (χ1v) is 8.89. The lowest BCUT2D eigenvalue weighted by Crippen LogP contribution is -2.63. The number of pyridine rings is 1. The number of aromatic nitrogens is 1. The highest BCUT2D eigenvalue weighted by atomic mass is 16.6. The zero-order valence-electron chi connectivity index (χ0n) is 15.1. The van der Waals surface area contributed by atoms with Crippen LogP contribution < -0.4 is 4.74 Å². The summed E-state index contributed by atoms with van der Waals surface area (Å²) in [6.07, 6.45) is 1.89. The number of hydrogen-bond donors (Lipinski definition) is 0. The summed E-state index contributed by atoms with van der Waals surface area (Å²) < 4.78 is 10.6. The third-order valence-electron chi connectivity index (χ3n) is 5.19. The van der Waals surface area contributed by atoms with Gasteiger partial charge in [-0.05, 0) is 11.6 Å². The standard InChI is InChI=1S/C20H21N3O4/c1-26-16-7-8-21-17(11-16)18(24)22-9-10-23-19(25)27-14-20(23,13-22)12-15-5-3-2-4-6-15/h2-8,11H,9-10,12-14H2,1H3. The fraction of sp³-hybridized carbons (Fsp3) is 0.350. The average molecular weight is 367 g/mol. The first-order valence-electron chi connectivity index (χ1n) is 8.89. The van der Waals surface area contributed by atoms with Crippen molar-refractivity contribution >= 4 is 12.0 Å². The number of piperazine rings is 1. The van der Waals surface area contributed by atoms with Crippen LogP contribution in [0.4, 0.5) is 4.79 Å². The first kappa shape index (κ1) is 17.3. The number of methoxy groups -OCH3 is 1. The molecule has 7 nitrogen and oxygen atoms in total. The minimum atomic E-state index is -0.550. The Hall–Kier alpha value is -3.09. The molecule has 4 rings (SSSR count). The number of benzene rings is 1. The zero-order chi connectivity index (χ0) is 18.9. The van der Waals surface area contributed by atoms with Crippen LogP contribution in [0, 0.1) is 0 Å². The van der Waals surface area contributed by atoms with Crippen LogP contribution in [0.3, 0.4) is 0 Å². The summed E-state index contributed by atoms with van der Waals surface area (Å²) in [5, 5.41) is 0. The summed E-state index contributed by atoms with van der Waals surface area (Å²) in [4.78, 5) is 32.9. The number of fused-ring (bicyclic) bond motifs is 1. The predicted octanol–water partition coefficient (Wildman–Crippen LogP) is 1.98. The Morgan fingerprint density at radius 2 is 2.07 bits per heavy atom. The fourth-order valence-electron chi connectivity index (χ4n) is 3.83. The molecule has 2 aliphatic rings. The summed E-state index contributed by atoms with van der Waals surface area (Å²) in [5.41, 5.74) is 0.892. The number of ether oxygens (including phenoxy) is 2. The second-order valence-electron chi connectivity index (χ2n) is 6.90. The van der Waals surface area contributed by atoms with Gasteiger partial charge in [-0.3, -0.25) is 14.7 Å². The molecule has 0 spiro atoms. The molecule has 140 valence electrons. The molecule has 0 bridgehead atoms. The van der Waals surface area contributed by atoms with Gasteiger partial charge in [-0.15, -0.1) is 0 Å². The fourth-order valence-corrected chi connectivity index (χ4v) is 3.83. The Labute approximate surface area is 157 Å². The lowest BCUT2D eigenvalue weighted by Gasteiger charge is -2.44. The summed E-state index contributed by atoms with van der Waals surface area (Å²) in [7, 11) is 1.55. The first-order chi connectivity index (χ1) is 13.1. The van der Waals surface area contributed by atoms with Crippen molar-refractivity contribution in [3.05, 3.63) is 59.9 Å². The Morgan fingerprint density at radius 3 is 2.85 bits per heavy atom. The highest BCUT2D eigenvalue weighted by Gasteiger charge is 2.51. The van der Waals surface area contributed by atoms with Gasteiger partial charge in [0.05, 0.1) is 7.11 Å². The second kappa shape index (κ2) is 6.90. The Bertz CT molecular complexity index is 857. The van der Waals surface area contributed by atoms with Crippen molar-refractivity contribution in [3.63, 3.8) is 0 Å². The summed E-state index contributed by atoms with van der Waals surface area (Å²) in [6, 6.07) is 13.3. The monoisotopic (exact) mass is 367 g/mol. The maximum Gasteiger partial charge on any atom is 0.410 e. The van der Waals surface area contributed by atoms with E-state index in [1.54, 1.807) is 35.2 Å². The summed E-state index contributed by atoms with van der Waals surface area (Å²) in [5.74, 6) is 0.422. The van der Waals surface area contributed by atoms with Gasteiger partial charge < -0.3 is 14.4 Å². The van der Waals surface area contributed by atoms with Crippen LogP contribution >= 0.6 is 0 Å². The largest absolute Gasteiger partial charge is 0.497 e. The molecule has 3 heterocycles. The van der Waals surface area contributed by atoms with E-state index in [0.29, 0.717) is 37.5 Å². The van der Waals surface area contributed by atoms with Crippen LogP contribution in [-0.4, -0.2) is 65.7 Å². The van der Waals surface area contributed by atoms with Crippen molar-refractivity contribution in [2.45, 2.75) is 12.0 Å². The van der Waals surface area contributed by atoms with Crippen molar-refractivity contribution in [2.75, 3.05) is 33.4 Å². The van der Waals surface area contributed by atoms with Crippen LogP contribution in [0.1, 0.15) is 16.1 Å². The van der Waals surface area contributed by atoms with E-state index in [-0.39, 0.29) is 18.6 Å². The maximum atomic E-state index is 13.0. The molecule has 2 amide bonds. The highest BCUT2D eigenvalue weighted by molar-refractivity contribution is 5.93. The van der Waals surface area contributed by atoms with Gasteiger partial charge in [0.2, 0.25) is 0 Å². The minimum absolute atomic E-state index is 0.166. The van der Waals surface area contributed by atoms with Gasteiger partial charge in [0, 0.05) is 38.3 Å². The molecule has 1 atom stereocenters. The molecule has 1 aromatic carbocycles. The van der Waals surface area contributed by atoms with E-state index in [1.807, 2.05) is 30.3 Å². The van der Waals surface area contributed by atoms with E-state index >= 15 is 0 Å². The molecule has 2 saturated heterocycles. The molecule has 0 aliphatic carbocycles. The van der Waals surface area contributed by atoms with E-state index in [1.165, 1.54) is 0 Å². The normalized spacial score (nSPS) is 21.6. The van der Waals surface area contributed by atoms with Crippen LogP contribution in [0.15, 0.2) is 48.7 Å². The van der Waals surface area contributed by atoms with Crippen LogP contribution in [0.2, 0.25) is 0 Å². The lowest BCUT2D eigenvalue weighted by molar-refractivity contribution is 0.0371. The SMILES string of the molecule is COc1ccnc(C(=O)N2CCN3C(=O)OCC3(Cc3ccccc3)C2)c1. The van der Waals surface area contributed by atoms with Gasteiger partial charge >= 0.3 is 6.09 Å². The number of cyclic esters (lactones) is 1. The third kappa shape index (κ3) is 3.20. The third-order valence-corrected chi connectivity index (χ3v) is 5.19. The molecule has 1 unspecified atom stereocenters. The van der Waals surface area contributed by atoms with E-state index in [4.69, 9.17) is 9.47 Å². The van der Waals surface area contributed by atoms with E-state index < -0.39 is 5.54 Å². The number of carbonyl (C=O) groups is 2. The average Bonchev–Trinajstić information content (AvgIpc) is 3.04. The Morgan fingerprint density at radius 1 is 1.26 bits per heavy atom. The highest BCUT2D eigenvalue weighted by Crippen LogP contribution is 2.33. The number of nitrogens with zero attached hydrogens (tertiary/aromatic N) is 3. The van der Waals surface area contributed by atoms with Crippen molar-refractivity contribution in [1.82, 2.24) is 14.8 Å². The van der Waals surface area contributed by atoms with Crippen LogP contribution in [0.5, 0.6) is 5.75 Å². The maximum absolute atomic E-state index is 13.0. The Kier molecular flexibility index (Phi) is 4.43. The summed E-state index contributed by atoms with van der Waals surface area (Å²) in [6.45, 7) is 1.58. The van der Waals surface area contributed by atoms with Crippen molar-refractivity contribution in [1.29, 1.82) is 0 Å². The van der Waals surface area contributed by atoms with E-state index in [0.717, 1.165) is 5.56 Å². The van der Waals surface area contributed by atoms with Gasteiger partial charge in [0.1, 0.15) is 23.6 Å². The van der Waals surface area contributed by atoms with Gasteiger partial charge in [-0.1, -0.05) is 30.3 Å². The van der Waals surface area contributed by atoms with E-state index in [9.17, 15) is 9.59 Å². The predicted molar refractivity (Wildman–Crippen MR) is 97.6 cm³/mol. The molecule has 2 aromatic rings. The zero-order valence-corrected chi connectivity index (χ0v) is 15.1. The van der Waals surface area contributed by atoms with Crippen molar-refractivity contribution < 1.29 is 19.1 Å². The molecule has 27 heavy (non-hydrogen) atoms. The van der Waals surface area contributed by atoms with Gasteiger partial charge in [-0.25, -0.2) is 4.79 Å². The molecule has 0 radical (unpaired) electrons. The molecule has 0 N–H and O–H groups in total. The second-order valence-corrected chi connectivity index (χ2v) is 6.90. The molecule has 7 heteroatoms. The molecular weight excluding hydrogens is 346 g/mol. The number of carbonyl (C=O) groups excluding carboxylic acids is 2. The molecule has 0 saturated carbocycles.